The van der Waals surface area contributed by atoms with E-state index in [0.717, 1.165) is 29.0 Å². The molecule has 4 heterocycles. The summed E-state index contributed by atoms with van der Waals surface area (Å²) in [7, 11) is 1.97. The van der Waals surface area contributed by atoms with Gasteiger partial charge in [-0.2, -0.15) is 0 Å². The highest BCUT2D eigenvalue weighted by molar-refractivity contribution is 5.99. The maximum Gasteiger partial charge on any atom is 0.257 e. The summed E-state index contributed by atoms with van der Waals surface area (Å²) >= 11 is 0. The fraction of sp³-hybridized carbons (Fsp3) is 0.350. The molecule has 0 radical (unpaired) electrons. The Morgan fingerprint density at radius 2 is 2.07 bits per heavy atom. The number of morpholine rings is 1. The van der Waals surface area contributed by atoms with Gasteiger partial charge in [-0.25, -0.2) is 9.97 Å². The highest BCUT2D eigenvalue weighted by Crippen LogP contribution is 2.30. The topological polar surface area (TPSA) is 63.5 Å². The molecular formula is C20H21N5O2. The summed E-state index contributed by atoms with van der Waals surface area (Å²) in [5.41, 5.74) is 3.12. The van der Waals surface area contributed by atoms with Crippen LogP contribution in [-0.2, 0) is 23.0 Å². The second kappa shape index (κ2) is 6.35. The van der Waals surface area contributed by atoms with Crippen molar-refractivity contribution in [2.24, 2.45) is 7.05 Å². The third kappa shape index (κ3) is 2.66. The fourth-order valence-corrected chi connectivity index (χ4v) is 4.05. The Balaban J connectivity index is 1.40. The van der Waals surface area contributed by atoms with Gasteiger partial charge >= 0.3 is 0 Å². The van der Waals surface area contributed by atoms with E-state index in [-0.39, 0.29) is 5.91 Å². The van der Waals surface area contributed by atoms with E-state index in [9.17, 15) is 4.79 Å². The lowest BCUT2D eigenvalue weighted by atomic mass is 10.2. The second-order valence-electron chi connectivity index (χ2n) is 7.04. The van der Waals surface area contributed by atoms with Crippen LogP contribution >= 0.6 is 0 Å². The van der Waals surface area contributed by atoms with Crippen LogP contribution in [0.4, 0.5) is 11.5 Å². The molecule has 0 spiro atoms. The first-order chi connectivity index (χ1) is 13.2. The summed E-state index contributed by atoms with van der Waals surface area (Å²) in [4.78, 5) is 26.0. The van der Waals surface area contributed by atoms with Crippen molar-refractivity contribution >= 4 is 28.4 Å². The lowest BCUT2D eigenvalue weighted by Crippen LogP contribution is -2.51. The summed E-state index contributed by atoms with van der Waals surface area (Å²) in [5, 5.41) is 1.000. The van der Waals surface area contributed by atoms with Crippen LogP contribution in [0.1, 0.15) is 5.56 Å². The lowest BCUT2D eigenvalue weighted by Gasteiger charge is -2.35. The van der Waals surface area contributed by atoms with Gasteiger partial charge in [0.05, 0.1) is 18.5 Å². The van der Waals surface area contributed by atoms with E-state index in [4.69, 9.17) is 4.74 Å². The molecule has 1 saturated heterocycles. The van der Waals surface area contributed by atoms with Crippen molar-refractivity contribution in [2.45, 2.75) is 12.5 Å². The van der Waals surface area contributed by atoms with Gasteiger partial charge in [0.15, 0.2) is 6.10 Å². The van der Waals surface area contributed by atoms with E-state index in [2.05, 4.69) is 20.9 Å². The SMILES string of the molecule is Cn1ccc2c(N3CCOC(C(=O)N4CCc5ccccc54)C3)ncnc21. The lowest BCUT2D eigenvalue weighted by molar-refractivity contribution is -0.130. The molecule has 2 aliphatic heterocycles. The van der Waals surface area contributed by atoms with E-state index in [0.29, 0.717) is 26.2 Å². The molecule has 7 heteroatoms. The number of amides is 1. The Morgan fingerprint density at radius 3 is 3.00 bits per heavy atom. The molecular weight excluding hydrogens is 342 g/mol. The summed E-state index contributed by atoms with van der Waals surface area (Å²) in [6.45, 7) is 2.43. The number of rotatable bonds is 2. The molecule has 7 nitrogen and oxygen atoms in total. The van der Waals surface area contributed by atoms with Crippen LogP contribution in [0.2, 0.25) is 0 Å². The fourth-order valence-electron chi connectivity index (χ4n) is 4.05. The Kier molecular flexibility index (Phi) is 3.82. The number of aryl methyl sites for hydroxylation is 1. The quantitative estimate of drug-likeness (QED) is 0.694. The van der Waals surface area contributed by atoms with Gasteiger partial charge in [-0.3, -0.25) is 4.79 Å². The van der Waals surface area contributed by atoms with Crippen molar-refractivity contribution in [3.8, 4) is 0 Å². The van der Waals surface area contributed by atoms with Gasteiger partial charge in [0.1, 0.15) is 17.8 Å². The van der Waals surface area contributed by atoms with Crippen molar-refractivity contribution in [3.63, 3.8) is 0 Å². The first-order valence-corrected chi connectivity index (χ1v) is 9.24. The van der Waals surface area contributed by atoms with Crippen LogP contribution in [0.5, 0.6) is 0 Å². The maximum absolute atomic E-state index is 13.1. The minimum Gasteiger partial charge on any atom is -0.365 e. The third-order valence-electron chi connectivity index (χ3n) is 5.44. The number of nitrogens with zero attached hydrogens (tertiary/aromatic N) is 5. The van der Waals surface area contributed by atoms with E-state index in [1.165, 1.54) is 5.56 Å². The molecule has 0 aliphatic carbocycles. The van der Waals surface area contributed by atoms with Gasteiger partial charge in [-0.1, -0.05) is 18.2 Å². The van der Waals surface area contributed by atoms with Crippen molar-refractivity contribution in [1.29, 1.82) is 0 Å². The monoisotopic (exact) mass is 363 g/mol. The van der Waals surface area contributed by atoms with Crippen LogP contribution in [0.25, 0.3) is 11.0 Å². The molecule has 2 aliphatic rings. The number of carbonyl (C=O) groups excluding carboxylic acids is 1. The van der Waals surface area contributed by atoms with Gasteiger partial charge in [0, 0.05) is 32.0 Å². The van der Waals surface area contributed by atoms with Crippen LogP contribution in [0, 0.1) is 0 Å². The summed E-state index contributed by atoms with van der Waals surface area (Å²) in [6.07, 6.45) is 3.97. The first kappa shape index (κ1) is 16.3. The summed E-state index contributed by atoms with van der Waals surface area (Å²) < 4.78 is 7.83. The molecule has 2 aromatic heterocycles. The Hall–Kier alpha value is -2.93. The van der Waals surface area contributed by atoms with Gasteiger partial charge in [-0.05, 0) is 24.1 Å². The number of fused-ring (bicyclic) bond motifs is 2. The molecule has 1 fully saturated rings. The number of anilines is 2. The van der Waals surface area contributed by atoms with Crippen molar-refractivity contribution in [1.82, 2.24) is 14.5 Å². The zero-order valence-electron chi connectivity index (χ0n) is 15.2. The molecule has 27 heavy (non-hydrogen) atoms. The summed E-state index contributed by atoms with van der Waals surface area (Å²) in [6, 6.07) is 10.1. The number of benzene rings is 1. The number of para-hydroxylation sites is 1. The maximum atomic E-state index is 13.1. The first-order valence-electron chi connectivity index (χ1n) is 9.24. The number of aromatic nitrogens is 3. The standard InChI is InChI=1S/C20H21N5O2/c1-23-8-7-15-18(23)21-13-22-19(15)24-10-11-27-17(12-24)20(26)25-9-6-14-4-2-3-5-16(14)25/h2-5,7-8,13,17H,6,9-12H2,1H3. The molecule has 138 valence electrons. The molecule has 1 aromatic carbocycles. The number of carbonyl (C=O) groups is 1. The molecule has 0 N–H and O–H groups in total. The molecule has 5 rings (SSSR count). The average Bonchev–Trinajstić information content (AvgIpc) is 3.31. The van der Waals surface area contributed by atoms with Gasteiger partial charge in [0.2, 0.25) is 0 Å². The molecule has 0 saturated carbocycles. The molecule has 1 atom stereocenters. The second-order valence-corrected chi connectivity index (χ2v) is 7.04. The smallest absolute Gasteiger partial charge is 0.257 e. The predicted molar refractivity (Wildman–Crippen MR) is 103 cm³/mol. The van der Waals surface area contributed by atoms with E-state index in [1.807, 2.05) is 47.0 Å². The summed E-state index contributed by atoms with van der Waals surface area (Å²) in [5.74, 6) is 0.895. The Morgan fingerprint density at radius 1 is 1.19 bits per heavy atom. The minimum absolute atomic E-state index is 0.0306. The van der Waals surface area contributed by atoms with Gasteiger partial charge in [0.25, 0.3) is 5.91 Å². The van der Waals surface area contributed by atoms with E-state index < -0.39 is 6.10 Å². The Labute approximate surface area is 157 Å². The number of hydrogen-bond acceptors (Lipinski definition) is 5. The third-order valence-corrected chi connectivity index (χ3v) is 5.44. The van der Waals surface area contributed by atoms with Crippen molar-refractivity contribution in [2.75, 3.05) is 36.0 Å². The van der Waals surface area contributed by atoms with Crippen molar-refractivity contribution < 1.29 is 9.53 Å². The predicted octanol–water partition coefficient (Wildman–Crippen LogP) is 1.76. The van der Waals surface area contributed by atoms with Crippen LogP contribution in [0.3, 0.4) is 0 Å². The number of ether oxygens (including phenoxy) is 1. The molecule has 1 amide bonds. The van der Waals surface area contributed by atoms with E-state index in [1.54, 1.807) is 6.33 Å². The average molecular weight is 363 g/mol. The van der Waals surface area contributed by atoms with Crippen LogP contribution in [-0.4, -0.2) is 52.8 Å². The van der Waals surface area contributed by atoms with Gasteiger partial charge < -0.3 is 19.1 Å². The number of hydrogen-bond donors (Lipinski definition) is 0. The minimum atomic E-state index is -0.487. The largest absolute Gasteiger partial charge is 0.365 e. The zero-order valence-corrected chi connectivity index (χ0v) is 15.2. The normalized spacial score (nSPS) is 19.5. The van der Waals surface area contributed by atoms with Crippen molar-refractivity contribution in [3.05, 3.63) is 48.4 Å². The highest BCUT2D eigenvalue weighted by Gasteiger charge is 2.34. The van der Waals surface area contributed by atoms with Gasteiger partial charge in [-0.15, -0.1) is 0 Å². The van der Waals surface area contributed by atoms with E-state index >= 15 is 0 Å². The van der Waals surface area contributed by atoms with Crippen LogP contribution in [0.15, 0.2) is 42.9 Å². The zero-order chi connectivity index (χ0) is 18.4. The molecule has 0 bridgehead atoms. The molecule has 3 aromatic rings. The van der Waals surface area contributed by atoms with Crippen LogP contribution < -0.4 is 9.80 Å². The molecule has 1 unspecified atom stereocenters. The highest BCUT2D eigenvalue weighted by atomic mass is 16.5. The Bertz CT molecular complexity index is 1010.